The Labute approximate surface area is 73.0 Å². The largest absolute Gasteiger partial charge is 0.491 e. The van der Waals surface area contributed by atoms with Crippen molar-refractivity contribution in [1.82, 2.24) is 5.32 Å². The number of ether oxygens (including phenoxy) is 1. The van der Waals surface area contributed by atoms with Gasteiger partial charge in [-0.05, 0) is 38.2 Å². The summed E-state index contributed by atoms with van der Waals surface area (Å²) < 4.78 is 5.94. The van der Waals surface area contributed by atoms with Gasteiger partial charge in [-0.2, -0.15) is 0 Å². The molecule has 0 aromatic carbocycles. The SMILES string of the molecule is CC12CCC3NCC(C=C3O1)C2. The lowest BCUT2D eigenvalue weighted by Gasteiger charge is -2.48. The Kier molecular flexibility index (Phi) is 1.19. The number of hydrogen-bond acceptors (Lipinski definition) is 2. The fraction of sp³-hybridized carbons (Fsp3) is 0.800. The fourth-order valence-corrected chi connectivity index (χ4v) is 2.77. The lowest BCUT2D eigenvalue weighted by Crippen LogP contribution is -2.53. The standard InChI is InChI=1S/C10H15NO/c1-10-3-2-8-9(12-10)4-7(5-10)6-11-8/h4,7-8,11H,2-3,5-6H2,1H3. The molecule has 1 fully saturated rings. The number of hydrogen-bond donors (Lipinski definition) is 1. The van der Waals surface area contributed by atoms with Crippen LogP contribution in [0.1, 0.15) is 26.2 Å². The lowest BCUT2D eigenvalue weighted by molar-refractivity contribution is -0.0686. The summed E-state index contributed by atoms with van der Waals surface area (Å²) in [5.74, 6) is 1.96. The Morgan fingerprint density at radius 2 is 2.58 bits per heavy atom. The molecule has 3 aliphatic rings. The molecular weight excluding hydrogens is 150 g/mol. The van der Waals surface area contributed by atoms with E-state index in [1.54, 1.807) is 0 Å². The molecule has 2 heteroatoms. The third-order valence-electron chi connectivity index (χ3n) is 3.39. The first kappa shape index (κ1) is 6.96. The van der Waals surface area contributed by atoms with Crippen molar-refractivity contribution in [3.8, 4) is 0 Å². The summed E-state index contributed by atoms with van der Waals surface area (Å²) in [5, 5.41) is 3.53. The van der Waals surface area contributed by atoms with Crippen LogP contribution in [-0.2, 0) is 4.74 Å². The third-order valence-corrected chi connectivity index (χ3v) is 3.39. The Morgan fingerprint density at radius 3 is 3.50 bits per heavy atom. The van der Waals surface area contributed by atoms with Crippen LogP contribution in [0.25, 0.3) is 0 Å². The summed E-state index contributed by atoms with van der Waals surface area (Å²) in [6, 6.07) is 0.537. The third kappa shape index (κ3) is 0.845. The molecule has 2 nitrogen and oxygen atoms in total. The minimum Gasteiger partial charge on any atom is -0.491 e. The Bertz CT molecular complexity index is 248. The van der Waals surface area contributed by atoms with Gasteiger partial charge in [0.2, 0.25) is 0 Å². The molecule has 0 saturated carbocycles. The topological polar surface area (TPSA) is 21.3 Å². The highest BCUT2D eigenvalue weighted by molar-refractivity contribution is 5.18. The summed E-state index contributed by atoms with van der Waals surface area (Å²) in [5.41, 5.74) is 0.174. The van der Waals surface area contributed by atoms with Crippen LogP contribution in [0.5, 0.6) is 0 Å². The Morgan fingerprint density at radius 1 is 1.67 bits per heavy atom. The summed E-state index contributed by atoms with van der Waals surface area (Å²) in [6.45, 7) is 3.42. The maximum absolute atomic E-state index is 5.94. The van der Waals surface area contributed by atoms with Crippen LogP contribution in [0.3, 0.4) is 0 Å². The van der Waals surface area contributed by atoms with Crippen molar-refractivity contribution >= 4 is 0 Å². The Balaban J connectivity index is 2.02. The van der Waals surface area contributed by atoms with Gasteiger partial charge in [0.25, 0.3) is 0 Å². The smallest absolute Gasteiger partial charge is 0.110 e. The molecule has 3 rings (SSSR count). The van der Waals surface area contributed by atoms with Gasteiger partial charge in [0.05, 0.1) is 6.04 Å². The minimum atomic E-state index is 0.174. The normalized spacial score (nSPS) is 49.9. The zero-order chi connectivity index (χ0) is 8.18. The van der Waals surface area contributed by atoms with Crippen LogP contribution in [0.15, 0.2) is 11.8 Å². The van der Waals surface area contributed by atoms with Gasteiger partial charge in [-0.1, -0.05) is 0 Å². The van der Waals surface area contributed by atoms with Crippen molar-refractivity contribution in [2.45, 2.75) is 37.8 Å². The van der Waals surface area contributed by atoms with Crippen LogP contribution < -0.4 is 5.32 Å². The van der Waals surface area contributed by atoms with E-state index in [0.717, 1.165) is 12.5 Å². The van der Waals surface area contributed by atoms with Gasteiger partial charge in [-0.15, -0.1) is 0 Å². The van der Waals surface area contributed by atoms with Crippen LogP contribution in [-0.4, -0.2) is 18.2 Å². The first-order valence-corrected chi connectivity index (χ1v) is 4.89. The van der Waals surface area contributed by atoms with Gasteiger partial charge in [0, 0.05) is 6.54 Å². The van der Waals surface area contributed by atoms with Crippen molar-refractivity contribution in [2.24, 2.45) is 5.92 Å². The number of fused-ring (bicyclic) bond motifs is 2. The van der Waals surface area contributed by atoms with Crippen molar-refractivity contribution in [2.75, 3.05) is 6.54 Å². The quantitative estimate of drug-likeness (QED) is 0.586. The van der Waals surface area contributed by atoms with E-state index in [1.165, 1.54) is 25.0 Å². The van der Waals surface area contributed by atoms with Gasteiger partial charge in [-0.25, -0.2) is 0 Å². The molecule has 0 amide bonds. The van der Waals surface area contributed by atoms with E-state index in [9.17, 15) is 0 Å². The van der Waals surface area contributed by atoms with Gasteiger partial charge in [0.1, 0.15) is 11.4 Å². The molecule has 12 heavy (non-hydrogen) atoms. The van der Waals surface area contributed by atoms with E-state index in [0.29, 0.717) is 6.04 Å². The maximum Gasteiger partial charge on any atom is 0.110 e. The van der Waals surface area contributed by atoms with Crippen LogP contribution in [0, 0.1) is 5.92 Å². The molecule has 3 aliphatic heterocycles. The Hall–Kier alpha value is -0.500. The van der Waals surface area contributed by atoms with Gasteiger partial charge < -0.3 is 10.1 Å². The van der Waals surface area contributed by atoms with E-state index in [1.807, 2.05) is 0 Å². The summed E-state index contributed by atoms with van der Waals surface area (Å²) in [7, 11) is 0. The molecule has 0 spiro atoms. The van der Waals surface area contributed by atoms with E-state index >= 15 is 0 Å². The van der Waals surface area contributed by atoms with Crippen LogP contribution in [0.4, 0.5) is 0 Å². The first-order valence-electron chi connectivity index (χ1n) is 4.89. The molecular formula is C10H15NO. The molecule has 3 atom stereocenters. The van der Waals surface area contributed by atoms with E-state index in [2.05, 4.69) is 18.3 Å². The van der Waals surface area contributed by atoms with E-state index < -0.39 is 0 Å². The summed E-state index contributed by atoms with van der Waals surface area (Å²) in [6.07, 6.45) is 6.02. The monoisotopic (exact) mass is 165 g/mol. The van der Waals surface area contributed by atoms with Gasteiger partial charge in [-0.3, -0.25) is 0 Å². The molecule has 1 saturated heterocycles. The number of rotatable bonds is 0. The summed E-state index contributed by atoms with van der Waals surface area (Å²) >= 11 is 0. The average molecular weight is 165 g/mol. The van der Waals surface area contributed by atoms with Gasteiger partial charge in [0.15, 0.2) is 0 Å². The second-order valence-electron chi connectivity index (χ2n) is 4.58. The average Bonchev–Trinajstić information content (AvgIpc) is 2.00. The number of nitrogens with one attached hydrogen (secondary N) is 1. The molecule has 0 aromatic heterocycles. The molecule has 3 heterocycles. The maximum atomic E-state index is 5.94. The van der Waals surface area contributed by atoms with Gasteiger partial charge >= 0.3 is 0 Å². The van der Waals surface area contributed by atoms with Crippen molar-refractivity contribution in [3.05, 3.63) is 11.8 Å². The molecule has 0 radical (unpaired) electrons. The zero-order valence-electron chi connectivity index (χ0n) is 7.47. The lowest BCUT2D eigenvalue weighted by atomic mass is 9.77. The first-order chi connectivity index (χ1) is 5.75. The van der Waals surface area contributed by atoms with Crippen molar-refractivity contribution < 1.29 is 4.74 Å². The highest BCUT2D eigenvalue weighted by Gasteiger charge is 2.43. The van der Waals surface area contributed by atoms with E-state index in [4.69, 9.17) is 4.74 Å². The molecule has 3 unspecified atom stereocenters. The fourth-order valence-electron chi connectivity index (χ4n) is 2.77. The molecule has 1 N–H and O–H groups in total. The zero-order valence-corrected chi connectivity index (χ0v) is 7.47. The molecule has 0 aliphatic carbocycles. The highest BCUT2D eigenvalue weighted by atomic mass is 16.5. The molecule has 0 aromatic rings. The predicted molar refractivity (Wildman–Crippen MR) is 46.7 cm³/mol. The molecule has 3 bridgehead atoms. The van der Waals surface area contributed by atoms with Crippen LogP contribution in [0.2, 0.25) is 0 Å². The second kappa shape index (κ2) is 2.05. The van der Waals surface area contributed by atoms with Crippen molar-refractivity contribution in [1.29, 1.82) is 0 Å². The van der Waals surface area contributed by atoms with E-state index in [-0.39, 0.29) is 5.60 Å². The minimum absolute atomic E-state index is 0.174. The molecule has 66 valence electrons. The predicted octanol–water partition coefficient (Wildman–Crippen LogP) is 1.43. The second-order valence-corrected chi connectivity index (χ2v) is 4.58. The summed E-state index contributed by atoms with van der Waals surface area (Å²) in [4.78, 5) is 0. The van der Waals surface area contributed by atoms with Crippen LogP contribution >= 0.6 is 0 Å². The van der Waals surface area contributed by atoms with Crippen molar-refractivity contribution in [3.63, 3.8) is 0 Å². The highest BCUT2D eigenvalue weighted by Crippen LogP contribution is 2.42.